The topological polar surface area (TPSA) is 80.8 Å². The summed E-state index contributed by atoms with van der Waals surface area (Å²) in [5.74, 6) is -1.07. The fourth-order valence-corrected chi connectivity index (χ4v) is 4.98. The van der Waals surface area contributed by atoms with E-state index in [2.05, 4.69) is 0 Å². The molecule has 0 aromatic heterocycles. The van der Waals surface area contributed by atoms with Crippen molar-refractivity contribution >= 4 is 21.7 Å². The van der Waals surface area contributed by atoms with Crippen LogP contribution in [0.25, 0.3) is 0 Å². The Morgan fingerprint density at radius 2 is 1.67 bits per heavy atom. The summed E-state index contributed by atoms with van der Waals surface area (Å²) >= 11 is 0. The van der Waals surface area contributed by atoms with Gasteiger partial charge < -0.3 is 9.64 Å². The van der Waals surface area contributed by atoms with Crippen LogP contribution in [0.3, 0.4) is 0 Å². The molecule has 2 aromatic rings. The molecule has 0 N–H and O–H groups in total. The van der Waals surface area contributed by atoms with Crippen LogP contribution in [0.4, 0.5) is 0 Å². The van der Waals surface area contributed by atoms with E-state index in [-0.39, 0.29) is 27.7 Å². The van der Waals surface area contributed by atoms with Gasteiger partial charge in [0.05, 0.1) is 28.9 Å². The Bertz CT molecular complexity index is 940. The van der Waals surface area contributed by atoms with Gasteiger partial charge in [-0.15, -0.1) is 0 Å². The molecule has 1 fully saturated rings. The van der Waals surface area contributed by atoms with E-state index in [0.29, 0.717) is 13.0 Å². The van der Waals surface area contributed by atoms with Crippen molar-refractivity contribution in [2.75, 3.05) is 19.4 Å². The maximum atomic E-state index is 13.0. The molecular weight excluding hydrogens is 366 g/mol. The van der Waals surface area contributed by atoms with Crippen LogP contribution >= 0.6 is 0 Å². The van der Waals surface area contributed by atoms with E-state index in [0.717, 1.165) is 6.42 Å². The van der Waals surface area contributed by atoms with E-state index in [1.807, 2.05) is 0 Å². The predicted molar refractivity (Wildman–Crippen MR) is 100 cm³/mol. The molecule has 0 aliphatic carbocycles. The van der Waals surface area contributed by atoms with Gasteiger partial charge >= 0.3 is 5.97 Å². The van der Waals surface area contributed by atoms with Crippen molar-refractivity contribution in [3.05, 3.63) is 65.7 Å². The normalized spacial score (nSPS) is 16.9. The van der Waals surface area contributed by atoms with E-state index >= 15 is 0 Å². The molecule has 1 unspecified atom stereocenters. The lowest BCUT2D eigenvalue weighted by Crippen LogP contribution is -2.40. The lowest BCUT2D eigenvalue weighted by Gasteiger charge is -2.25. The minimum Gasteiger partial charge on any atom is -0.465 e. The van der Waals surface area contributed by atoms with Crippen LogP contribution in [-0.2, 0) is 14.6 Å². The van der Waals surface area contributed by atoms with E-state index in [4.69, 9.17) is 4.74 Å². The Kier molecular flexibility index (Phi) is 5.60. The fraction of sp³-hybridized carbons (Fsp3) is 0.300. The second-order valence-corrected chi connectivity index (χ2v) is 8.46. The largest absolute Gasteiger partial charge is 0.465 e. The number of carbonyl (C=O) groups excluding carboxylic acids is 2. The number of carbonyl (C=O) groups is 2. The van der Waals surface area contributed by atoms with Crippen molar-refractivity contribution in [3.8, 4) is 0 Å². The van der Waals surface area contributed by atoms with Gasteiger partial charge in [-0.1, -0.05) is 30.3 Å². The summed E-state index contributed by atoms with van der Waals surface area (Å²) in [6.45, 7) is 0.462. The second-order valence-electron chi connectivity index (χ2n) is 6.43. The van der Waals surface area contributed by atoms with Crippen molar-refractivity contribution in [3.63, 3.8) is 0 Å². The quantitative estimate of drug-likeness (QED) is 0.737. The molecular formula is C20H21NO5S. The average Bonchev–Trinajstić information content (AvgIpc) is 3.14. The van der Waals surface area contributed by atoms with Crippen LogP contribution in [0.1, 0.15) is 33.6 Å². The Balaban J connectivity index is 1.85. The first-order valence-corrected chi connectivity index (χ1v) is 10.4. The van der Waals surface area contributed by atoms with Crippen LogP contribution in [0.15, 0.2) is 59.5 Å². The Morgan fingerprint density at radius 3 is 2.33 bits per heavy atom. The van der Waals surface area contributed by atoms with Gasteiger partial charge in [0.25, 0.3) is 5.91 Å². The lowest BCUT2D eigenvalue weighted by molar-refractivity contribution is 0.0589. The standard InChI is InChI=1S/C20H21NO5S/c1-26-20(23)18-12-6-5-11-17(18)19(22)21-13-7-8-15(21)14-27(24,25)16-9-3-2-4-10-16/h2-6,9-12,15H,7-8,13-14H2,1H3. The molecule has 6 nitrogen and oxygen atoms in total. The Hall–Kier alpha value is -2.67. The summed E-state index contributed by atoms with van der Waals surface area (Å²) in [6.07, 6.45) is 1.33. The summed E-state index contributed by atoms with van der Waals surface area (Å²) < 4.78 is 30.2. The average molecular weight is 387 g/mol. The molecule has 1 heterocycles. The number of ether oxygens (including phenoxy) is 1. The smallest absolute Gasteiger partial charge is 0.338 e. The predicted octanol–water partition coefficient (Wildman–Crippen LogP) is 2.55. The van der Waals surface area contributed by atoms with E-state index in [1.54, 1.807) is 53.4 Å². The zero-order valence-electron chi connectivity index (χ0n) is 15.0. The highest BCUT2D eigenvalue weighted by Crippen LogP contribution is 2.25. The summed E-state index contributed by atoms with van der Waals surface area (Å²) in [5, 5.41) is 0. The molecule has 2 aromatic carbocycles. The number of hydrogen-bond donors (Lipinski definition) is 0. The zero-order valence-corrected chi connectivity index (χ0v) is 15.8. The third-order valence-electron chi connectivity index (χ3n) is 4.71. The third kappa shape index (κ3) is 4.03. The van der Waals surface area contributed by atoms with Crippen LogP contribution in [0.2, 0.25) is 0 Å². The summed E-state index contributed by atoms with van der Waals surface area (Å²) in [4.78, 5) is 26.8. The molecule has 3 rings (SSSR count). The summed E-state index contributed by atoms with van der Waals surface area (Å²) in [5.41, 5.74) is 0.412. The Morgan fingerprint density at radius 1 is 1.04 bits per heavy atom. The van der Waals surface area contributed by atoms with E-state index < -0.39 is 21.8 Å². The highest BCUT2D eigenvalue weighted by molar-refractivity contribution is 7.91. The van der Waals surface area contributed by atoms with Crippen LogP contribution in [0, 0.1) is 0 Å². The van der Waals surface area contributed by atoms with Crippen molar-refractivity contribution in [1.29, 1.82) is 0 Å². The molecule has 142 valence electrons. The molecule has 0 saturated carbocycles. The number of methoxy groups -OCH3 is 1. The molecule has 1 aliphatic heterocycles. The van der Waals surface area contributed by atoms with Gasteiger partial charge in [-0.25, -0.2) is 13.2 Å². The maximum Gasteiger partial charge on any atom is 0.338 e. The molecule has 1 aliphatic rings. The van der Waals surface area contributed by atoms with E-state index in [1.165, 1.54) is 13.2 Å². The van der Waals surface area contributed by atoms with Gasteiger partial charge in [-0.05, 0) is 37.1 Å². The van der Waals surface area contributed by atoms with Crippen LogP contribution < -0.4 is 0 Å². The molecule has 1 saturated heterocycles. The number of sulfone groups is 1. The lowest BCUT2D eigenvalue weighted by atomic mass is 10.1. The number of esters is 1. The minimum absolute atomic E-state index is 0.136. The fourth-order valence-electron chi connectivity index (χ4n) is 3.37. The molecule has 0 bridgehead atoms. The molecule has 0 spiro atoms. The van der Waals surface area contributed by atoms with Crippen molar-refractivity contribution in [2.24, 2.45) is 0 Å². The number of amides is 1. The van der Waals surface area contributed by atoms with Crippen LogP contribution in [0.5, 0.6) is 0 Å². The second kappa shape index (κ2) is 7.92. The number of likely N-dealkylation sites (tertiary alicyclic amines) is 1. The van der Waals surface area contributed by atoms with Gasteiger partial charge in [-0.3, -0.25) is 4.79 Å². The highest BCUT2D eigenvalue weighted by atomic mass is 32.2. The van der Waals surface area contributed by atoms with Gasteiger partial charge in [0, 0.05) is 12.6 Å². The van der Waals surface area contributed by atoms with Crippen molar-refractivity contribution in [1.82, 2.24) is 4.90 Å². The van der Waals surface area contributed by atoms with Gasteiger partial charge in [0.1, 0.15) is 0 Å². The first-order valence-electron chi connectivity index (χ1n) is 8.70. The van der Waals surface area contributed by atoms with Gasteiger partial charge in [0.2, 0.25) is 0 Å². The van der Waals surface area contributed by atoms with Crippen molar-refractivity contribution in [2.45, 2.75) is 23.8 Å². The SMILES string of the molecule is COC(=O)c1ccccc1C(=O)N1CCCC1CS(=O)(=O)c1ccccc1. The monoisotopic (exact) mass is 387 g/mol. The van der Waals surface area contributed by atoms with Gasteiger partial charge in [0.15, 0.2) is 9.84 Å². The van der Waals surface area contributed by atoms with Gasteiger partial charge in [-0.2, -0.15) is 0 Å². The van der Waals surface area contributed by atoms with E-state index in [9.17, 15) is 18.0 Å². The Labute approximate surface area is 158 Å². The minimum atomic E-state index is -3.51. The number of nitrogens with zero attached hydrogens (tertiary/aromatic N) is 1. The molecule has 1 amide bonds. The first kappa shape index (κ1) is 19.1. The zero-order chi connectivity index (χ0) is 19.4. The highest BCUT2D eigenvalue weighted by Gasteiger charge is 2.34. The first-order chi connectivity index (χ1) is 12.9. The molecule has 0 radical (unpaired) electrons. The van der Waals surface area contributed by atoms with Crippen molar-refractivity contribution < 1.29 is 22.7 Å². The molecule has 7 heteroatoms. The summed E-state index contributed by atoms with van der Waals surface area (Å²) in [6, 6.07) is 14.2. The number of hydrogen-bond acceptors (Lipinski definition) is 5. The third-order valence-corrected chi connectivity index (χ3v) is 6.53. The number of rotatable bonds is 5. The number of benzene rings is 2. The molecule has 27 heavy (non-hydrogen) atoms. The molecule has 1 atom stereocenters. The maximum absolute atomic E-state index is 13.0. The van der Waals surface area contributed by atoms with Crippen LogP contribution in [-0.4, -0.2) is 50.6 Å². The summed E-state index contributed by atoms with van der Waals surface area (Å²) in [7, 11) is -2.25.